The van der Waals surface area contributed by atoms with E-state index in [9.17, 15) is 4.79 Å². The molecule has 0 saturated carbocycles. The van der Waals surface area contributed by atoms with Crippen molar-refractivity contribution in [3.8, 4) is 0 Å². The van der Waals surface area contributed by atoms with E-state index in [1.54, 1.807) is 6.92 Å². The Balaban J connectivity index is 2.66. The molecule has 1 unspecified atom stereocenters. The van der Waals surface area contributed by atoms with E-state index in [0.29, 0.717) is 30.5 Å². The summed E-state index contributed by atoms with van der Waals surface area (Å²) in [4.78, 5) is 11.6. The average molecular weight is 198 g/mol. The van der Waals surface area contributed by atoms with Crippen molar-refractivity contribution < 1.29 is 14.3 Å². The molecule has 3 nitrogen and oxygen atoms in total. The second-order valence-electron chi connectivity index (χ2n) is 3.94. The first-order chi connectivity index (χ1) is 6.56. The summed E-state index contributed by atoms with van der Waals surface area (Å²) in [5.41, 5.74) is 0. The minimum atomic E-state index is -0.368. The summed E-state index contributed by atoms with van der Waals surface area (Å²) in [7, 11) is 0. The van der Waals surface area contributed by atoms with E-state index in [-0.39, 0.29) is 11.9 Å². The molecule has 0 aliphatic carbocycles. The Bertz CT molecular complexity index is 253. The zero-order chi connectivity index (χ0) is 10.7. The predicted octanol–water partition coefficient (Wildman–Crippen LogP) is 2.27. The first-order valence-electron chi connectivity index (χ1n) is 5.13. The third-order valence-electron chi connectivity index (χ3n) is 2.05. The molecule has 1 aliphatic heterocycles. The van der Waals surface area contributed by atoms with Gasteiger partial charge < -0.3 is 9.47 Å². The number of hydrogen-bond acceptors (Lipinski definition) is 3. The molecule has 80 valence electrons. The summed E-state index contributed by atoms with van der Waals surface area (Å²) in [6.45, 7) is 8.38. The quantitative estimate of drug-likeness (QED) is 0.695. The van der Waals surface area contributed by atoms with Crippen molar-refractivity contribution in [1.29, 1.82) is 0 Å². The van der Waals surface area contributed by atoms with Crippen molar-refractivity contribution in [1.82, 2.24) is 0 Å². The van der Waals surface area contributed by atoms with Gasteiger partial charge >= 0.3 is 0 Å². The fraction of sp³-hybridized carbons (Fsp3) is 0.727. The molecule has 0 fully saturated rings. The third-order valence-corrected chi connectivity index (χ3v) is 2.05. The Morgan fingerprint density at radius 2 is 2.14 bits per heavy atom. The van der Waals surface area contributed by atoms with Gasteiger partial charge in [-0.15, -0.1) is 0 Å². The van der Waals surface area contributed by atoms with Crippen LogP contribution in [0.25, 0.3) is 0 Å². The Morgan fingerprint density at radius 1 is 1.50 bits per heavy atom. The monoisotopic (exact) mass is 198 g/mol. The highest BCUT2D eigenvalue weighted by Crippen LogP contribution is 2.25. The third kappa shape index (κ3) is 2.28. The minimum Gasteiger partial charge on any atom is -0.486 e. The summed E-state index contributed by atoms with van der Waals surface area (Å²) < 4.78 is 10.8. The fourth-order valence-electron chi connectivity index (χ4n) is 1.29. The highest BCUT2D eigenvalue weighted by Gasteiger charge is 2.32. The van der Waals surface area contributed by atoms with Gasteiger partial charge in [0.25, 0.3) is 0 Å². The Labute approximate surface area is 85.1 Å². The molecule has 0 bridgehead atoms. The molecule has 0 aromatic rings. The van der Waals surface area contributed by atoms with Crippen LogP contribution in [-0.4, -0.2) is 18.5 Å². The number of rotatable bonds is 4. The predicted molar refractivity (Wildman–Crippen MR) is 53.7 cm³/mol. The van der Waals surface area contributed by atoms with Crippen LogP contribution in [0.1, 0.15) is 34.1 Å². The van der Waals surface area contributed by atoms with Crippen LogP contribution in [0, 0.1) is 5.92 Å². The number of ketones is 1. The molecule has 0 radical (unpaired) electrons. The van der Waals surface area contributed by atoms with Gasteiger partial charge in [0.15, 0.2) is 6.10 Å². The van der Waals surface area contributed by atoms with Crippen LogP contribution in [0.15, 0.2) is 11.5 Å². The van der Waals surface area contributed by atoms with Crippen LogP contribution in [0.5, 0.6) is 0 Å². The number of hydrogen-bond donors (Lipinski definition) is 0. The number of Topliss-reactive ketones (excluding diaryl/α,β-unsaturated/α-hetero) is 1. The molecular formula is C11H18O3. The van der Waals surface area contributed by atoms with E-state index < -0.39 is 0 Å². The maximum absolute atomic E-state index is 11.6. The number of ether oxygens (including phenoxy) is 2. The van der Waals surface area contributed by atoms with Crippen LogP contribution in [0.4, 0.5) is 0 Å². The average Bonchev–Trinajstić information content (AvgIpc) is 2.40. The molecule has 0 aromatic carbocycles. The van der Waals surface area contributed by atoms with Gasteiger partial charge in [-0.3, -0.25) is 4.79 Å². The van der Waals surface area contributed by atoms with E-state index in [0.717, 1.165) is 0 Å². The van der Waals surface area contributed by atoms with Crippen molar-refractivity contribution in [3.63, 3.8) is 0 Å². The largest absolute Gasteiger partial charge is 0.486 e. The SMILES string of the molecule is CCC1=C(OCC(C)C)C(=O)C(C)O1. The van der Waals surface area contributed by atoms with Gasteiger partial charge in [0.1, 0.15) is 5.76 Å². The molecule has 1 heterocycles. The molecule has 0 aromatic heterocycles. The first-order valence-corrected chi connectivity index (χ1v) is 5.13. The zero-order valence-electron chi connectivity index (χ0n) is 9.29. The first kappa shape index (κ1) is 11.1. The van der Waals surface area contributed by atoms with Crippen LogP contribution >= 0.6 is 0 Å². The van der Waals surface area contributed by atoms with Crippen LogP contribution < -0.4 is 0 Å². The van der Waals surface area contributed by atoms with Gasteiger partial charge in [0.2, 0.25) is 11.5 Å². The smallest absolute Gasteiger partial charge is 0.240 e. The lowest BCUT2D eigenvalue weighted by Crippen LogP contribution is -2.16. The Kier molecular flexibility index (Phi) is 3.55. The Hall–Kier alpha value is -0.990. The van der Waals surface area contributed by atoms with Crippen molar-refractivity contribution in [2.75, 3.05) is 6.61 Å². The van der Waals surface area contributed by atoms with Crippen LogP contribution in [-0.2, 0) is 14.3 Å². The van der Waals surface area contributed by atoms with E-state index in [2.05, 4.69) is 13.8 Å². The second-order valence-corrected chi connectivity index (χ2v) is 3.94. The van der Waals surface area contributed by atoms with E-state index in [4.69, 9.17) is 9.47 Å². The van der Waals surface area contributed by atoms with Crippen molar-refractivity contribution in [2.45, 2.75) is 40.2 Å². The van der Waals surface area contributed by atoms with E-state index >= 15 is 0 Å². The molecule has 1 rings (SSSR count). The molecule has 14 heavy (non-hydrogen) atoms. The van der Waals surface area contributed by atoms with Gasteiger partial charge in [-0.25, -0.2) is 0 Å². The fourth-order valence-corrected chi connectivity index (χ4v) is 1.29. The van der Waals surface area contributed by atoms with E-state index in [1.807, 2.05) is 6.92 Å². The summed E-state index contributed by atoms with van der Waals surface area (Å²) in [6.07, 6.45) is 0.343. The number of carbonyl (C=O) groups excluding carboxylic acids is 1. The van der Waals surface area contributed by atoms with Gasteiger partial charge in [-0.05, 0) is 12.8 Å². The summed E-state index contributed by atoms with van der Waals surface area (Å²) in [5, 5.41) is 0. The Morgan fingerprint density at radius 3 is 2.64 bits per heavy atom. The normalized spacial score (nSPS) is 21.8. The maximum Gasteiger partial charge on any atom is 0.240 e. The van der Waals surface area contributed by atoms with Crippen LogP contribution in [0.2, 0.25) is 0 Å². The van der Waals surface area contributed by atoms with Crippen molar-refractivity contribution >= 4 is 5.78 Å². The van der Waals surface area contributed by atoms with Crippen molar-refractivity contribution in [2.24, 2.45) is 5.92 Å². The second kappa shape index (κ2) is 4.49. The highest BCUT2D eigenvalue weighted by molar-refractivity contribution is 5.99. The molecule has 1 atom stereocenters. The number of allylic oxidation sites excluding steroid dienone is 1. The van der Waals surface area contributed by atoms with Gasteiger partial charge in [0.05, 0.1) is 6.61 Å². The molecular weight excluding hydrogens is 180 g/mol. The van der Waals surface area contributed by atoms with Crippen molar-refractivity contribution in [3.05, 3.63) is 11.5 Å². The maximum atomic E-state index is 11.6. The lowest BCUT2D eigenvalue weighted by molar-refractivity contribution is -0.123. The molecule has 0 N–H and O–H groups in total. The standard InChI is InChI=1S/C11H18O3/c1-5-9-11(13-6-7(2)3)10(12)8(4)14-9/h7-8H,5-6H2,1-4H3. The molecule has 1 aliphatic rings. The molecule has 0 amide bonds. The van der Waals surface area contributed by atoms with E-state index in [1.165, 1.54) is 0 Å². The molecule has 3 heteroatoms. The molecule has 0 spiro atoms. The van der Waals surface area contributed by atoms with Crippen LogP contribution in [0.3, 0.4) is 0 Å². The topological polar surface area (TPSA) is 35.5 Å². The van der Waals surface area contributed by atoms with Gasteiger partial charge in [0, 0.05) is 6.42 Å². The van der Waals surface area contributed by atoms with Gasteiger partial charge in [-0.2, -0.15) is 0 Å². The number of carbonyl (C=O) groups is 1. The summed E-state index contributed by atoms with van der Waals surface area (Å²) in [5.74, 6) is 1.53. The highest BCUT2D eigenvalue weighted by atomic mass is 16.5. The lowest BCUT2D eigenvalue weighted by atomic mass is 10.2. The summed E-state index contributed by atoms with van der Waals surface area (Å²) in [6, 6.07) is 0. The van der Waals surface area contributed by atoms with Gasteiger partial charge in [-0.1, -0.05) is 20.8 Å². The zero-order valence-corrected chi connectivity index (χ0v) is 9.29. The lowest BCUT2D eigenvalue weighted by Gasteiger charge is -2.08. The minimum absolute atomic E-state index is 0.0255. The molecule has 0 saturated heterocycles. The summed E-state index contributed by atoms with van der Waals surface area (Å²) >= 11 is 0.